The molecule has 6 atom stereocenters. The van der Waals surface area contributed by atoms with Crippen molar-refractivity contribution in [2.24, 2.45) is 29.6 Å². The number of ether oxygens (including phenoxy) is 2. The highest BCUT2D eigenvalue weighted by Crippen LogP contribution is 2.60. The predicted molar refractivity (Wildman–Crippen MR) is 49.6 cm³/mol. The van der Waals surface area contributed by atoms with Crippen LogP contribution in [0.2, 0.25) is 0 Å². The summed E-state index contributed by atoms with van der Waals surface area (Å²) in [6, 6.07) is 0. The third-order valence-corrected chi connectivity index (χ3v) is 4.47. The number of rotatable bonds is 1. The van der Waals surface area contributed by atoms with E-state index in [1.807, 2.05) is 0 Å². The number of fused-ring (bicyclic) bond motifs is 1. The molecule has 2 saturated carbocycles. The second-order valence-electron chi connectivity index (χ2n) is 4.90. The summed E-state index contributed by atoms with van der Waals surface area (Å²) in [5, 5.41) is 0. The molecule has 0 aromatic carbocycles. The van der Waals surface area contributed by atoms with Gasteiger partial charge in [-0.15, -0.1) is 0 Å². The Morgan fingerprint density at radius 1 is 1.47 bits per heavy atom. The summed E-state index contributed by atoms with van der Waals surface area (Å²) in [5.74, 6) is -0.0406. The van der Waals surface area contributed by atoms with Gasteiger partial charge < -0.3 is 9.47 Å². The molecule has 0 aromatic heterocycles. The standard InChI is InChI=1S/C11H14O4/c1-4-5-3-6-8(7(5)10(12)14-2)11(13)15-9(4)6/h4-9H,3H2,1-2H3/t4?,5-,6?,7?,8?,9?/m0/s1. The predicted octanol–water partition coefficient (Wildman–Crippen LogP) is 0.603. The minimum absolute atomic E-state index is 0.0633. The lowest BCUT2D eigenvalue weighted by Gasteiger charge is -2.27. The van der Waals surface area contributed by atoms with E-state index in [2.05, 4.69) is 6.92 Å². The van der Waals surface area contributed by atoms with Gasteiger partial charge in [-0.2, -0.15) is 0 Å². The van der Waals surface area contributed by atoms with Crippen molar-refractivity contribution in [1.29, 1.82) is 0 Å². The van der Waals surface area contributed by atoms with Gasteiger partial charge in [0.15, 0.2) is 0 Å². The van der Waals surface area contributed by atoms with Crippen molar-refractivity contribution in [2.45, 2.75) is 19.4 Å². The Balaban J connectivity index is 1.98. The summed E-state index contributed by atoms with van der Waals surface area (Å²) in [5.41, 5.74) is 0. The Hall–Kier alpha value is -1.06. The summed E-state index contributed by atoms with van der Waals surface area (Å²) >= 11 is 0. The van der Waals surface area contributed by atoms with Gasteiger partial charge in [-0.1, -0.05) is 6.92 Å². The highest BCUT2D eigenvalue weighted by Gasteiger charge is 2.67. The maximum Gasteiger partial charge on any atom is 0.310 e. The number of hydrogen-bond acceptors (Lipinski definition) is 4. The molecule has 0 spiro atoms. The molecule has 1 saturated heterocycles. The van der Waals surface area contributed by atoms with Crippen LogP contribution >= 0.6 is 0 Å². The Bertz CT molecular complexity index is 337. The summed E-state index contributed by atoms with van der Waals surface area (Å²) in [7, 11) is 1.39. The first kappa shape index (κ1) is 9.19. The van der Waals surface area contributed by atoms with Crippen LogP contribution in [0.3, 0.4) is 0 Å². The van der Waals surface area contributed by atoms with Gasteiger partial charge in [-0.25, -0.2) is 0 Å². The normalized spacial score (nSPS) is 50.7. The van der Waals surface area contributed by atoms with E-state index in [0.29, 0.717) is 5.92 Å². The summed E-state index contributed by atoms with van der Waals surface area (Å²) in [6.45, 7) is 2.07. The molecule has 0 radical (unpaired) electrons. The highest BCUT2D eigenvalue weighted by atomic mass is 16.6. The second-order valence-corrected chi connectivity index (χ2v) is 4.90. The summed E-state index contributed by atoms with van der Waals surface area (Å²) < 4.78 is 10.1. The molecule has 0 N–H and O–H groups in total. The van der Waals surface area contributed by atoms with Crippen molar-refractivity contribution in [3.63, 3.8) is 0 Å². The topological polar surface area (TPSA) is 52.6 Å². The maximum atomic E-state index is 11.7. The van der Waals surface area contributed by atoms with E-state index >= 15 is 0 Å². The van der Waals surface area contributed by atoms with E-state index < -0.39 is 0 Å². The zero-order chi connectivity index (χ0) is 10.7. The number of esters is 2. The lowest BCUT2D eigenvalue weighted by Crippen LogP contribution is -2.37. The summed E-state index contributed by atoms with van der Waals surface area (Å²) in [6.07, 6.45) is 1.01. The van der Waals surface area contributed by atoms with E-state index in [4.69, 9.17) is 9.47 Å². The van der Waals surface area contributed by atoms with Crippen LogP contribution in [0, 0.1) is 29.6 Å². The molecule has 82 valence electrons. The van der Waals surface area contributed by atoms with Gasteiger partial charge >= 0.3 is 11.9 Å². The monoisotopic (exact) mass is 210 g/mol. The largest absolute Gasteiger partial charge is 0.469 e. The van der Waals surface area contributed by atoms with Crippen molar-refractivity contribution in [3.05, 3.63) is 0 Å². The van der Waals surface area contributed by atoms with Crippen LogP contribution in [0.1, 0.15) is 13.3 Å². The molecule has 0 amide bonds. The van der Waals surface area contributed by atoms with Crippen LogP contribution < -0.4 is 0 Å². The molecular weight excluding hydrogens is 196 g/mol. The van der Waals surface area contributed by atoms with Gasteiger partial charge in [-0.3, -0.25) is 9.59 Å². The molecule has 2 bridgehead atoms. The molecule has 2 aliphatic carbocycles. The molecule has 4 heteroatoms. The first-order valence-corrected chi connectivity index (χ1v) is 5.43. The first-order valence-electron chi connectivity index (χ1n) is 5.43. The smallest absolute Gasteiger partial charge is 0.310 e. The van der Waals surface area contributed by atoms with E-state index in [9.17, 15) is 9.59 Å². The highest BCUT2D eigenvalue weighted by molar-refractivity contribution is 5.85. The maximum absolute atomic E-state index is 11.7. The van der Waals surface area contributed by atoms with E-state index in [0.717, 1.165) is 6.42 Å². The van der Waals surface area contributed by atoms with Crippen LogP contribution in [-0.2, 0) is 19.1 Å². The van der Waals surface area contributed by atoms with Crippen LogP contribution in [0.4, 0.5) is 0 Å². The molecule has 3 aliphatic rings. The number of carbonyl (C=O) groups is 2. The van der Waals surface area contributed by atoms with Crippen molar-refractivity contribution >= 4 is 11.9 Å². The van der Waals surface area contributed by atoms with Crippen molar-refractivity contribution < 1.29 is 19.1 Å². The van der Waals surface area contributed by atoms with Crippen molar-refractivity contribution in [2.75, 3.05) is 7.11 Å². The number of hydrogen-bond donors (Lipinski definition) is 0. The Morgan fingerprint density at radius 2 is 2.20 bits per heavy atom. The van der Waals surface area contributed by atoms with Gasteiger partial charge in [-0.05, 0) is 18.3 Å². The minimum atomic E-state index is -0.249. The Morgan fingerprint density at radius 3 is 2.87 bits per heavy atom. The SMILES string of the molecule is COC(=O)C1C2C(=O)OC3C2C[C@H]1C3C. The van der Waals surface area contributed by atoms with Gasteiger partial charge in [0.1, 0.15) is 6.10 Å². The van der Waals surface area contributed by atoms with E-state index in [-0.39, 0.29) is 41.7 Å². The first-order chi connectivity index (χ1) is 7.15. The molecule has 1 heterocycles. The second kappa shape index (κ2) is 2.74. The lowest BCUT2D eigenvalue weighted by atomic mass is 9.75. The van der Waals surface area contributed by atoms with E-state index in [1.165, 1.54) is 7.11 Å². The average molecular weight is 210 g/mol. The zero-order valence-electron chi connectivity index (χ0n) is 8.80. The molecule has 3 fully saturated rings. The lowest BCUT2D eigenvalue weighted by molar-refractivity contribution is -0.153. The van der Waals surface area contributed by atoms with Crippen LogP contribution in [0.5, 0.6) is 0 Å². The molecule has 0 aromatic rings. The molecule has 3 rings (SSSR count). The van der Waals surface area contributed by atoms with E-state index in [1.54, 1.807) is 0 Å². The summed E-state index contributed by atoms with van der Waals surface area (Å²) in [4.78, 5) is 23.3. The van der Waals surface area contributed by atoms with Crippen molar-refractivity contribution in [1.82, 2.24) is 0 Å². The Labute approximate surface area is 87.9 Å². The quantitative estimate of drug-likeness (QED) is 0.595. The van der Waals surface area contributed by atoms with Crippen LogP contribution in [0.25, 0.3) is 0 Å². The molecule has 4 nitrogen and oxygen atoms in total. The number of methoxy groups -OCH3 is 1. The molecular formula is C11H14O4. The third-order valence-electron chi connectivity index (χ3n) is 4.47. The third kappa shape index (κ3) is 0.924. The van der Waals surface area contributed by atoms with Crippen molar-refractivity contribution in [3.8, 4) is 0 Å². The van der Waals surface area contributed by atoms with Gasteiger partial charge in [0.25, 0.3) is 0 Å². The average Bonchev–Trinajstić information content (AvgIpc) is 2.80. The fourth-order valence-corrected chi connectivity index (χ4v) is 3.84. The molecule has 5 unspecified atom stereocenters. The zero-order valence-corrected chi connectivity index (χ0v) is 8.80. The Kier molecular flexibility index (Phi) is 1.68. The van der Waals surface area contributed by atoms with Gasteiger partial charge in [0.05, 0.1) is 18.9 Å². The minimum Gasteiger partial charge on any atom is -0.469 e. The fourth-order valence-electron chi connectivity index (χ4n) is 3.84. The van der Waals surface area contributed by atoms with Crippen LogP contribution in [0.15, 0.2) is 0 Å². The van der Waals surface area contributed by atoms with Gasteiger partial charge in [0, 0.05) is 5.92 Å². The molecule has 15 heavy (non-hydrogen) atoms. The van der Waals surface area contributed by atoms with Crippen LogP contribution in [-0.4, -0.2) is 25.2 Å². The fraction of sp³-hybridized carbons (Fsp3) is 0.818. The van der Waals surface area contributed by atoms with Gasteiger partial charge in [0.2, 0.25) is 0 Å². The molecule has 1 aliphatic heterocycles. The number of carbonyl (C=O) groups excluding carboxylic acids is 2.